The summed E-state index contributed by atoms with van der Waals surface area (Å²) in [5.41, 5.74) is 6.88. The molecule has 2 aromatic heterocycles. The van der Waals surface area contributed by atoms with Crippen LogP contribution in [0.5, 0.6) is 0 Å². The lowest BCUT2D eigenvalue weighted by Crippen LogP contribution is -2.35. The zero-order chi connectivity index (χ0) is 21.6. The molecule has 0 bridgehead atoms. The molecule has 158 valence electrons. The van der Waals surface area contributed by atoms with Crippen LogP contribution in [0.3, 0.4) is 0 Å². The number of ether oxygens (including phenoxy) is 1. The molecule has 30 heavy (non-hydrogen) atoms. The first kappa shape index (κ1) is 20.4. The Balaban J connectivity index is 1.76. The largest absolute Gasteiger partial charge is 0.444 e. The Morgan fingerprint density at radius 3 is 2.63 bits per heavy atom. The van der Waals surface area contributed by atoms with Crippen LogP contribution in [0.2, 0.25) is 5.02 Å². The number of nitrogen functional groups attached to an aromatic ring is 1. The molecular weight excluding hydrogens is 409 g/mol. The van der Waals surface area contributed by atoms with Gasteiger partial charge in [-0.1, -0.05) is 23.7 Å². The van der Waals surface area contributed by atoms with Crippen LogP contribution in [0, 0.1) is 5.95 Å². The number of carbonyl (C=O) groups is 1. The van der Waals surface area contributed by atoms with Crippen LogP contribution >= 0.6 is 11.6 Å². The summed E-state index contributed by atoms with van der Waals surface area (Å²) < 4.78 is 22.7. The highest BCUT2D eigenvalue weighted by Crippen LogP contribution is 2.39. The predicted octanol–water partition coefficient (Wildman–Crippen LogP) is 4.65. The van der Waals surface area contributed by atoms with E-state index in [1.54, 1.807) is 29.2 Å². The van der Waals surface area contributed by atoms with E-state index in [2.05, 4.69) is 9.97 Å². The highest BCUT2D eigenvalue weighted by atomic mass is 35.5. The van der Waals surface area contributed by atoms with Gasteiger partial charge >= 0.3 is 6.09 Å². The van der Waals surface area contributed by atoms with Crippen LogP contribution in [0.25, 0.3) is 22.2 Å². The normalized spacial score (nSPS) is 17.0. The molecule has 1 atom stereocenters. The average molecular weight is 432 g/mol. The van der Waals surface area contributed by atoms with E-state index in [0.29, 0.717) is 46.7 Å². The number of fused-ring (bicyclic) bond motifs is 1. The van der Waals surface area contributed by atoms with Crippen LogP contribution in [0.15, 0.2) is 30.6 Å². The minimum atomic E-state index is -0.593. The number of anilines is 1. The summed E-state index contributed by atoms with van der Waals surface area (Å²) in [6.45, 7) is 6.23. The summed E-state index contributed by atoms with van der Waals surface area (Å²) >= 11 is 5.99. The van der Waals surface area contributed by atoms with Crippen LogP contribution in [-0.4, -0.2) is 44.2 Å². The van der Waals surface area contributed by atoms with Gasteiger partial charge in [-0.05, 0) is 44.9 Å². The monoisotopic (exact) mass is 431 g/mol. The fraction of sp³-hybridized carbons (Fsp3) is 0.381. The van der Waals surface area contributed by atoms with Crippen molar-refractivity contribution < 1.29 is 13.9 Å². The summed E-state index contributed by atoms with van der Waals surface area (Å²) in [6, 6.07) is 6.56. The van der Waals surface area contributed by atoms with Gasteiger partial charge in [-0.15, -0.1) is 0 Å². The zero-order valence-electron chi connectivity index (χ0n) is 17.0. The van der Waals surface area contributed by atoms with Crippen LogP contribution in [0.4, 0.5) is 15.0 Å². The van der Waals surface area contributed by atoms with Gasteiger partial charge in [-0.3, -0.25) is 4.57 Å². The minimum absolute atomic E-state index is 0.199. The molecule has 2 N–H and O–H groups in total. The van der Waals surface area contributed by atoms with E-state index >= 15 is 4.39 Å². The van der Waals surface area contributed by atoms with E-state index in [9.17, 15) is 4.79 Å². The van der Waals surface area contributed by atoms with Gasteiger partial charge in [0.1, 0.15) is 23.4 Å². The molecule has 0 radical (unpaired) electrons. The van der Waals surface area contributed by atoms with E-state index in [4.69, 9.17) is 22.1 Å². The number of likely N-dealkylation sites (tertiary alicyclic amines) is 1. The predicted molar refractivity (Wildman–Crippen MR) is 114 cm³/mol. The number of nitrogens with two attached hydrogens (primary N) is 1. The molecule has 1 aliphatic heterocycles. The minimum Gasteiger partial charge on any atom is -0.444 e. The van der Waals surface area contributed by atoms with Crippen molar-refractivity contribution in [2.75, 3.05) is 18.8 Å². The number of amides is 1. The van der Waals surface area contributed by atoms with Crippen molar-refractivity contribution in [3.63, 3.8) is 0 Å². The van der Waals surface area contributed by atoms with Gasteiger partial charge in [0.25, 0.3) is 0 Å². The van der Waals surface area contributed by atoms with E-state index in [1.807, 2.05) is 20.8 Å². The van der Waals surface area contributed by atoms with E-state index in [0.717, 1.165) is 0 Å². The first-order valence-corrected chi connectivity index (χ1v) is 10.1. The third-order valence-corrected chi connectivity index (χ3v) is 5.32. The quantitative estimate of drug-likeness (QED) is 0.638. The second-order valence-corrected chi connectivity index (χ2v) is 8.81. The van der Waals surface area contributed by atoms with Crippen molar-refractivity contribution in [2.45, 2.75) is 38.8 Å². The van der Waals surface area contributed by atoms with E-state index < -0.39 is 17.6 Å². The number of nitrogens with zero attached hydrogens (tertiary/aromatic N) is 4. The first-order chi connectivity index (χ1) is 14.2. The molecule has 9 heteroatoms. The highest BCUT2D eigenvalue weighted by molar-refractivity contribution is 6.30. The third kappa shape index (κ3) is 3.67. The molecule has 3 aromatic rings. The van der Waals surface area contributed by atoms with Crippen LogP contribution < -0.4 is 5.73 Å². The number of carbonyl (C=O) groups excluding carboxylic acids is 1. The summed E-state index contributed by atoms with van der Waals surface area (Å²) in [6.07, 6.45) is 1.48. The van der Waals surface area contributed by atoms with Crippen molar-refractivity contribution in [1.82, 2.24) is 19.4 Å². The Kier molecular flexibility index (Phi) is 5.05. The Morgan fingerprint density at radius 2 is 1.97 bits per heavy atom. The molecule has 0 spiro atoms. The molecule has 1 aromatic carbocycles. The molecule has 1 fully saturated rings. The number of rotatable bonds is 2. The van der Waals surface area contributed by atoms with Crippen molar-refractivity contribution >= 4 is 34.5 Å². The molecule has 3 heterocycles. The lowest BCUT2D eigenvalue weighted by molar-refractivity contribution is 0.0288. The second kappa shape index (κ2) is 7.43. The highest BCUT2D eigenvalue weighted by Gasteiger charge is 2.34. The molecule has 1 saturated heterocycles. The Labute approximate surface area is 178 Å². The van der Waals surface area contributed by atoms with Crippen molar-refractivity contribution in [3.8, 4) is 11.1 Å². The lowest BCUT2D eigenvalue weighted by atomic mass is 10.1. The number of benzene rings is 1. The van der Waals surface area contributed by atoms with Crippen LogP contribution in [0.1, 0.15) is 33.2 Å². The first-order valence-electron chi connectivity index (χ1n) is 9.69. The van der Waals surface area contributed by atoms with E-state index in [1.165, 1.54) is 10.9 Å². The van der Waals surface area contributed by atoms with Gasteiger partial charge in [0, 0.05) is 23.7 Å². The Hall–Kier alpha value is -2.87. The summed E-state index contributed by atoms with van der Waals surface area (Å²) in [5.74, 6) is -0.264. The number of hydrogen-bond acceptors (Lipinski definition) is 5. The lowest BCUT2D eigenvalue weighted by Gasteiger charge is -2.24. The molecule has 7 nitrogen and oxygen atoms in total. The van der Waals surface area contributed by atoms with Gasteiger partial charge < -0.3 is 15.4 Å². The number of aromatic nitrogens is 3. The fourth-order valence-electron chi connectivity index (χ4n) is 3.79. The van der Waals surface area contributed by atoms with Crippen molar-refractivity contribution in [2.24, 2.45) is 0 Å². The number of halogens is 2. The van der Waals surface area contributed by atoms with Gasteiger partial charge in [0.05, 0.1) is 11.4 Å². The van der Waals surface area contributed by atoms with Gasteiger partial charge in [0.2, 0.25) is 5.95 Å². The smallest absolute Gasteiger partial charge is 0.410 e. The van der Waals surface area contributed by atoms with Gasteiger partial charge in [0.15, 0.2) is 0 Å². The molecule has 4 rings (SSSR count). The third-order valence-electron chi connectivity index (χ3n) is 5.07. The Bertz CT molecular complexity index is 1110. The van der Waals surface area contributed by atoms with Crippen molar-refractivity contribution in [3.05, 3.63) is 41.6 Å². The number of hydrogen-bond donors (Lipinski definition) is 1. The maximum Gasteiger partial charge on any atom is 0.410 e. The summed E-state index contributed by atoms with van der Waals surface area (Å²) in [4.78, 5) is 22.4. The zero-order valence-corrected chi connectivity index (χ0v) is 17.8. The fourth-order valence-corrected chi connectivity index (χ4v) is 3.91. The summed E-state index contributed by atoms with van der Waals surface area (Å²) in [5, 5.41) is 1.00. The molecule has 0 aliphatic carbocycles. The van der Waals surface area contributed by atoms with Crippen molar-refractivity contribution in [1.29, 1.82) is 0 Å². The standard InChI is InChI=1S/C21H23ClFN5O2/c1-21(2,3)30-20(29)27-9-8-14(10-27)28-17(23)15(12-4-6-13(22)7-5-12)16-18(24)25-11-26-19(16)28/h4-7,11,14H,8-10H2,1-3H3,(H2,24,25,26)/t14-/m1/s1. The van der Waals surface area contributed by atoms with Gasteiger partial charge in [-0.2, -0.15) is 4.39 Å². The molecule has 1 amide bonds. The summed E-state index contributed by atoms with van der Waals surface area (Å²) in [7, 11) is 0. The van der Waals surface area contributed by atoms with Gasteiger partial charge in [-0.25, -0.2) is 14.8 Å². The molecule has 1 aliphatic rings. The van der Waals surface area contributed by atoms with Crippen LogP contribution in [-0.2, 0) is 4.74 Å². The maximum atomic E-state index is 15.8. The molecule has 0 saturated carbocycles. The topological polar surface area (TPSA) is 86.3 Å². The average Bonchev–Trinajstić information content (AvgIpc) is 3.24. The molecule has 0 unspecified atom stereocenters. The van der Waals surface area contributed by atoms with E-state index in [-0.39, 0.29) is 11.9 Å². The maximum absolute atomic E-state index is 15.8. The Morgan fingerprint density at radius 1 is 1.27 bits per heavy atom. The SMILES string of the molecule is CC(C)(C)OC(=O)N1CC[C@@H](n2c(F)c(-c3ccc(Cl)cc3)c3c(N)ncnc32)C1. The molecular formula is C21H23ClFN5O2. The second-order valence-electron chi connectivity index (χ2n) is 8.37.